The van der Waals surface area contributed by atoms with E-state index in [1.807, 2.05) is 4.90 Å². The third kappa shape index (κ3) is 4.35. The number of hydrogen-bond acceptors (Lipinski definition) is 4. The summed E-state index contributed by atoms with van der Waals surface area (Å²) in [6.07, 6.45) is 0. The zero-order chi connectivity index (χ0) is 16.3. The SMILES string of the molecule is CC(=O)N1CCN(CCS(=O)(=O)c2cc(Cl)ccc2Cl)CC1. The number of sulfone groups is 1. The van der Waals surface area contributed by atoms with Crippen molar-refractivity contribution in [2.24, 2.45) is 0 Å². The Kier molecular flexibility index (Phi) is 5.71. The van der Waals surface area contributed by atoms with Crippen LogP contribution in [-0.2, 0) is 14.6 Å². The van der Waals surface area contributed by atoms with E-state index in [9.17, 15) is 13.2 Å². The predicted octanol–water partition coefficient (Wildman–Crippen LogP) is 1.93. The topological polar surface area (TPSA) is 57.7 Å². The van der Waals surface area contributed by atoms with Gasteiger partial charge in [-0.25, -0.2) is 8.42 Å². The Morgan fingerprint density at radius 3 is 2.41 bits per heavy atom. The highest BCUT2D eigenvalue weighted by molar-refractivity contribution is 7.91. The van der Waals surface area contributed by atoms with Crippen molar-refractivity contribution in [3.05, 3.63) is 28.2 Å². The van der Waals surface area contributed by atoms with Gasteiger partial charge in [-0.3, -0.25) is 9.69 Å². The van der Waals surface area contributed by atoms with Crippen LogP contribution < -0.4 is 0 Å². The Morgan fingerprint density at radius 1 is 1.18 bits per heavy atom. The van der Waals surface area contributed by atoms with E-state index in [1.54, 1.807) is 17.9 Å². The molecule has 2 rings (SSSR count). The summed E-state index contributed by atoms with van der Waals surface area (Å²) in [7, 11) is -3.48. The van der Waals surface area contributed by atoms with Crippen molar-refractivity contribution in [1.82, 2.24) is 9.80 Å². The molecule has 0 spiro atoms. The van der Waals surface area contributed by atoms with Gasteiger partial charge in [0.2, 0.25) is 5.91 Å². The average molecular weight is 365 g/mol. The van der Waals surface area contributed by atoms with E-state index in [0.29, 0.717) is 37.7 Å². The van der Waals surface area contributed by atoms with Crippen molar-refractivity contribution in [3.8, 4) is 0 Å². The zero-order valence-electron chi connectivity index (χ0n) is 12.3. The maximum Gasteiger partial charge on any atom is 0.219 e. The van der Waals surface area contributed by atoms with Gasteiger partial charge in [0.25, 0.3) is 0 Å². The van der Waals surface area contributed by atoms with Gasteiger partial charge in [0, 0.05) is 44.7 Å². The molecule has 0 atom stereocenters. The van der Waals surface area contributed by atoms with E-state index in [-0.39, 0.29) is 21.6 Å². The molecule has 0 aliphatic carbocycles. The summed E-state index contributed by atoms with van der Waals surface area (Å²) >= 11 is 11.8. The summed E-state index contributed by atoms with van der Waals surface area (Å²) < 4.78 is 24.8. The van der Waals surface area contributed by atoms with Crippen molar-refractivity contribution >= 4 is 38.9 Å². The fourth-order valence-corrected chi connectivity index (χ4v) is 4.46. The Labute approximate surface area is 140 Å². The number of hydrogen-bond donors (Lipinski definition) is 0. The predicted molar refractivity (Wildman–Crippen MR) is 87.2 cm³/mol. The van der Waals surface area contributed by atoms with Gasteiger partial charge < -0.3 is 4.90 Å². The molecule has 1 aliphatic heterocycles. The smallest absolute Gasteiger partial charge is 0.219 e. The molecular weight excluding hydrogens is 347 g/mol. The average Bonchev–Trinajstić information content (AvgIpc) is 2.48. The molecular formula is C14H18Cl2N2O3S. The third-order valence-corrected chi connectivity index (χ3v) is 6.13. The first-order valence-electron chi connectivity index (χ1n) is 6.95. The molecule has 8 heteroatoms. The van der Waals surface area contributed by atoms with Crippen molar-refractivity contribution in [3.63, 3.8) is 0 Å². The number of carbonyl (C=O) groups is 1. The first-order valence-corrected chi connectivity index (χ1v) is 9.36. The molecule has 0 saturated carbocycles. The third-order valence-electron chi connectivity index (χ3n) is 3.72. The quantitative estimate of drug-likeness (QED) is 0.818. The molecule has 5 nitrogen and oxygen atoms in total. The number of amides is 1. The van der Waals surface area contributed by atoms with Gasteiger partial charge in [-0.2, -0.15) is 0 Å². The maximum atomic E-state index is 12.4. The van der Waals surface area contributed by atoms with E-state index in [1.165, 1.54) is 12.1 Å². The number of nitrogens with zero attached hydrogens (tertiary/aromatic N) is 2. The van der Waals surface area contributed by atoms with Crippen molar-refractivity contribution in [2.45, 2.75) is 11.8 Å². The number of halogens is 2. The van der Waals surface area contributed by atoms with Gasteiger partial charge in [0.15, 0.2) is 9.84 Å². The van der Waals surface area contributed by atoms with Crippen LogP contribution in [0, 0.1) is 0 Å². The van der Waals surface area contributed by atoms with Gasteiger partial charge in [-0.15, -0.1) is 0 Å². The second kappa shape index (κ2) is 7.17. The second-order valence-electron chi connectivity index (χ2n) is 5.24. The van der Waals surface area contributed by atoms with Crippen LogP contribution in [0.4, 0.5) is 0 Å². The van der Waals surface area contributed by atoms with E-state index in [2.05, 4.69) is 0 Å². The minimum absolute atomic E-state index is 0.0207. The molecule has 122 valence electrons. The number of rotatable bonds is 4. The lowest BCUT2D eigenvalue weighted by molar-refractivity contribution is -0.130. The monoisotopic (exact) mass is 364 g/mol. The lowest BCUT2D eigenvalue weighted by Crippen LogP contribution is -2.49. The van der Waals surface area contributed by atoms with Crippen LogP contribution in [0.2, 0.25) is 10.0 Å². The molecule has 0 aromatic heterocycles. The Balaban J connectivity index is 1.96. The Bertz CT molecular complexity index is 656. The summed E-state index contributed by atoms with van der Waals surface area (Å²) in [4.78, 5) is 15.1. The molecule has 0 bridgehead atoms. The van der Waals surface area contributed by atoms with E-state index < -0.39 is 9.84 Å². The molecule has 1 aliphatic rings. The molecule has 0 radical (unpaired) electrons. The molecule has 1 saturated heterocycles. The normalized spacial score (nSPS) is 16.8. The van der Waals surface area contributed by atoms with Crippen molar-refractivity contribution in [1.29, 1.82) is 0 Å². The second-order valence-corrected chi connectivity index (χ2v) is 8.16. The zero-order valence-corrected chi connectivity index (χ0v) is 14.6. The molecule has 0 unspecified atom stereocenters. The Morgan fingerprint density at radius 2 is 1.82 bits per heavy atom. The van der Waals surface area contributed by atoms with Crippen LogP contribution in [0.5, 0.6) is 0 Å². The molecule has 1 aromatic carbocycles. The maximum absolute atomic E-state index is 12.4. The number of carbonyl (C=O) groups excluding carboxylic acids is 1. The highest BCUT2D eigenvalue weighted by Crippen LogP contribution is 2.26. The molecule has 1 amide bonds. The minimum atomic E-state index is -3.48. The largest absolute Gasteiger partial charge is 0.340 e. The highest BCUT2D eigenvalue weighted by Gasteiger charge is 2.23. The Hall–Kier alpha value is -0.820. The summed E-state index contributed by atoms with van der Waals surface area (Å²) in [5, 5.41) is 0.531. The first-order chi connectivity index (χ1) is 10.3. The summed E-state index contributed by atoms with van der Waals surface area (Å²) in [5.41, 5.74) is 0. The van der Waals surface area contributed by atoms with Crippen LogP contribution in [-0.4, -0.2) is 62.6 Å². The summed E-state index contributed by atoms with van der Waals surface area (Å²) in [6.45, 7) is 4.58. The fraction of sp³-hybridized carbons (Fsp3) is 0.500. The van der Waals surface area contributed by atoms with Crippen LogP contribution in [0.25, 0.3) is 0 Å². The molecule has 22 heavy (non-hydrogen) atoms. The summed E-state index contributed by atoms with van der Waals surface area (Å²) in [6, 6.07) is 4.43. The molecule has 1 aromatic rings. The van der Waals surface area contributed by atoms with Crippen molar-refractivity contribution in [2.75, 3.05) is 38.5 Å². The standard InChI is InChI=1S/C14H18Cl2N2O3S/c1-11(19)18-6-4-17(5-7-18)8-9-22(20,21)14-10-12(15)2-3-13(14)16/h2-3,10H,4-9H2,1H3. The van der Waals surface area contributed by atoms with E-state index in [4.69, 9.17) is 23.2 Å². The van der Waals surface area contributed by atoms with Gasteiger partial charge in [0.1, 0.15) is 0 Å². The van der Waals surface area contributed by atoms with Gasteiger partial charge in [-0.05, 0) is 18.2 Å². The van der Waals surface area contributed by atoms with Crippen LogP contribution in [0.3, 0.4) is 0 Å². The van der Waals surface area contributed by atoms with E-state index in [0.717, 1.165) is 0 Å². The minimum Gasteiger partial charge on any atom is -0.340 e. The lowest BCUT2D eigenvalue weighted by Gasteiger charge is -2.34. The molecule has 1 fully saturated rings. The molecule has 0 N–H and O–H groups in total. The molecule has 1 heterocycles. The summed E-state index contributed by atoms with van der Waals surface area (Å²) in [5.74, 6) is 0.0330. The first kappa shape index (κ1) is 17.5. The van der Waals surface area contributed by atoms with E-state index >= 15 is 0 Å². The van der Waals surface area contributed by atoms with Gasteiger partial charge >= 0.3 is 0 Å². The lowest BCUT2D eigenvalue weighted by atomic mass is 10.3. The highest BCUT2D eigenvalue weighted by atomic mass is 35.5. The van der Waals surface area contributed by atoms with Crippen LogP contribution >= 0.6 is 23.2 Å². The van der Waals surface area contributed by atoms with Crippen molar-refractivity contribution < 1.29 is 13.2 Å². The fourth-order valence-electron chi connectivity index (χ4n) is 2.36. The number of benzene rings is 1. The van der Waals surface area contributed by atoms with Crippen LogP contribution in [0.15, 0.2) is 23.1 Å². The number of piperazine rings is 1. The van der Waals surface area contributed by atoms with Gasteiger partial charge in [-0.1, -0.05) is 23.2 Å². The van der Waals surface area contributed by atoms with Crippen LogP contribution in [0.1, 0.15) is 6.92 Å². The van der Waals surface area contributed by atoms with Gasteiger partial charge in [0.05, 0.1) is 15.7 Å².